The van der Waals surface area contributed by atoms with Crippen LogP contribution >= 0.6 is 0 Å². The van der Waals surface area contributed by atoms with Crippen LogP contribution in [-0.2, 0) is 10.0 Å². The molecule has 0 unspecified atom stereocenters. The Hall–Kier alpha value is -1.67. The SMILES string of the molecule is CCN(C1CCN(C(=O)c2ccnc(N(C)C)c2)CC1)S(C)(=O)=O. The summed E-state index contributed by atoms with van der Waals surface area (Å²) in [5.41, 5.74) is 0.614. The molecule has 1 aliphatic heterocycles. The predicted molar refractivity (Wildman–Crippen MR) is 94.7 cm³/mol. The van der Waals surface area contributed by atoms with Crippen molar-refractivity contribution in [1.29, 1.82) is 0 Å². The van der Waals surface area contributed by atoms with E-state index in [-0.39, 0.29) is 11.9 Å². The summed E-state index contributed by atoms with van der Waals surface area (Å²) in [5.74, 6) is 0.714. The number of sulfonamides is 1. The number of hydrogen-bond donors (Lipinski definition) is 0. The number of carbonyl (C=O) groups is 1. The quantitative estimate of drug-likeness (QED) is 0.790. The van der Waals surface area contributed by atoms with Crippen LogP contribution in [0, 0.1) is 0 Å². The van der Waals surface area contributed by atoms with Gasteiger partial charge in [0.1, 0.15) is 5.82 Å². The molecule has 0 N–H and O–H groups in total. The van der Waals surface area contributed by atoms with Crippen molar-refractivity contribution < 1.29 is 13.2 Å². The van der Waals surface area contributed by atoms with Crippen LogP contribution in [0.3, 0.4) is 0 Å². The normalized spacial score (nSPS) is 16.5. The van der Waals surface area contributed by atoms with E-state index >= 15 is 0 Å². The van der Waals surface area contributed by atoms with Crippen molar-refractivity contribution in [2.75, 3.05) is 44.9 Å². The Morgan fingerprint density at radius 3 is 2.46 bits per heavy atom. The number of rotatable bonds is 5. The Bertz CT molecular complexity index is 682. The van der Waals surface area contributed by atoms with E-state index in [1.165, 1.54) is 10.6 Å². The minimum absolute atomic E-state index is 0.0242. The van der Waals surface area contributed by atoms with Crippen LogP contribution in [0.25, 0.3) is 0 Å². The van der Waals surface area contributed by atoms with Crippen molar-refractivity contribution in [3.05, 3.63) is 23.9 Å². The highest BCUT2D eigenvalue weighted by Crippen LogP contribution is 2.21. The van der Waals surface area contributed by atoms with Gasteiger partial charge in [-0.05, 0) is 25.0 Å². The molecule has 1 aromatic heterocycles. The Morgan fingerprint density at radius 1 is 1.33 bits per heavy atom. The number of amides is 1. The third kappa shape index (κ3) is 4.24. The Balaban J connectivity index is 2.04. The van der Waals surface area contributed by atoms with Crippen LogP contribution in [0.4, 0.5) is 5.82 Å². The van der Waals surface area contributed by atoms with E-state index in [1.54, 1.807) is 23.2 Å². The molecule has 1 fully saturated rings. The van der Waals surface area contributed by atoms with Crippen LogP contribution in [0.2, 0.25) is 0 Å². The number of pyridine rings is 1. The fourth-order valence-electron chi connectivity index (χ4n) is 3.10. The van der Waals surface area contributed by atoms with Crippen molar-refractivity contribution in [3.8, 4) is 0 Å². The van der Waals surface area contributed by atoms with Gasteiger partial charge in [0.05, 0.1) is 6.26 Å². The highest BCUT2D eigenvalue weighted by molar-refractivity contribution is 7.88. The lowest BCUT2D eigenvalue weighted by Gasteiger charge is -2.37. The zero-order valence-electron chi connectivity index (χ0n) is 14.8. The summed E-state index contributed by atoms with van der Waals surface area (Å²) >= 11 is 0. The first kappa shape index (κ1) is 18.7. The third-order valence-corrected chi connectivity index (χ3v) is 5.76. The van der Waals surface area contributed by atoms with E-state index in [9.17, 15) is 13.2 Å². The molecule has 2 rings (SSSR count). The van der Waals surface area contributed by atoms with Crippen molar-refractivity contribution >= 4 is 21.7 Å². The van der Waals surface area contributed by atoms with Gasteiger partial charge in [-0.2, -0.15) is 4.31 Å². The fourth-order valence-corrected chi connectivity index (χ4v) is 4.32. The number of likely N-dealkylation sites (tertiary alicyclic amines) is 1. The molecule has 1 aromatic rings. The van der Waals surface area contributed by atoms with E-state index in [1.807, 2.05) is 25.9 Å². The van der Waals surface area contributed by atoms with E-state index in [4.69, 9.17) is 0 Å². The molecule has 1 aliphatic rings. The van der Waals surface area contributed by atoms with E-state index < -0.39 is 10.0 Å². The van der Waals surface area contributed by atoms with Crippen LogP contribution < -0.4 is 4.90 Å². The number of aromatic nitrogens is 1. The van der Waals surface area contributed by atoms with Gasteiger partial charge in [-0.1, -0.05) is 6.92 Å². The second kappa shape index (κ2) is 7.48. The molecule has 2 heterocycles. The molecule has 7 nitrogen and oxygen atoms in total. The van der Waals surface area contributed by atoms with Gasteiger partial charge in [0, 0.05) is 51.5 Å². The third-order valence-electron chi connectivity index (χ3n) is 4.35. The first-order chi connectivity index (χ1) is 11.2. The van der Waals surface area contributed by atoms with Gasteiger partial charge in [-0.3, -0.25) is 4.79 Å². The maximum absolute atomic E-state index is 12.7. The van der Waals surface area contributed by atoms with Gasteiger partial charge in [-0.25, -0.2) is 13.4 Å². The second-order valence-electron chi connectivity index (χ2n) is 6.29. The Labute approximate surface area is 144 Å². The summed E-state index contributed by atoms with van der Waals surface area (Å²) in [5, 5.41) is 0. The molecule has 0 saturated carbocycles. The molecule has 0 aliphatic carbocycles. The lowest BCUT2D eigenvalue weighted by atomic mass is 10.0. The summed E-state index contributed by atoms with van der Waals surface area (Å²) < 4.78 is 25.2. The zero-order valence-corrected chi connectivity index (χ0v) is 15.6. The molecule has 1 amide bonds. The van der Waals surface area contributed by atoms with Gasteiger partial charge in [0.25, 0.3) is 5.91 Å². The Morgan fingerprint density at radius 2 is 1.96 bits per heavy atom. The summed E-state index contributed by atoms with van der Waals surface area (Å²) in [4.78, 5) is 20.5. The molecule has 134 valence electrons. The maximum Gasteiger partial charge on any atom is 0.254 e. The topological polar surface area (TPSA) is 73.8 Å². The summed E-state index contributed by atoms with van der Waals surface area (Å²) in [6.45, 7) is 3.44. The first-order valence-corrected chi connectivity index (χ1v) is 9.98. The van der Waals surface area contributed by atoms with E-state index in [2.05, 4.69) is 4.98 Å². The number of piperidine rings is 1. The molecule has 0 aromatic carbocycles. The molecule has 0 radical (unpaired) electrons. The van der Waals surface area contributed by atoms with Gasteiger partial charge < -0.3 is 9.80 Å². The van der Waals surface area contributed by atoms with Crippen LogP contribution in [0.5, 0.6) is 0 Å². The average Bonchev–Trinajstić information content (AvgIpc) is 2.54. The highest BCUT2D eigenvalue weighted by atomic mass is 32.2. The molecule has 8 heteroatoms. The van der Waals surface area contributed by atoms with Crippen molar-refractivity contribution in [2.24, 2.45) is 0 Å². The molecule has 0 spiro atoms. The first-order valence-electron chi connectivity index (χ1n) is 8.13. The van der Waals surface area contributed by atoms with Crippen LogP contribution in [0.15, 0.2) is 18.3 Å². The van der Waals surface area contributed by atoms with Crippen molar-refractivity contribution in [1.82, 2.24) is 14.2 Å². The van der Waals surface area contributed by atoms with Gasteiger partial charge in [0.15, 0.2) is 0 Å². The molecule has 24 heavy (non-hydrogen) atoms. The van der Waals surface area contributed by atoms with E-state index in [0.29, 0.717) is 38.0 Å². The number of nitrogens with zero attached hydrogens (tertiary/aromatic N) is 4. The largest absolute Gasteiger partial charge is 0.363 e. The van der Waals surface area contributed by atoms with Crippen molar-refractivity contribution in [2.45, 2.75) is 25.8 Å². The van der Waals surface area contributed by atoms with Gasteiger partial charge >= 0.3 is 0 Å². The van der Waals surface area contributed by atoms with E-state index in [0.717, 1.165) is 5.82 Å². The molecule has 0 bridgehead atoms. The zero-order chi connectivity index (χ0) is 17.9. The number of hydrogen-bond acceptors (Lipinski definition) is 5. The summed E-state index contributed by atoms with van der Waals surface area (Å²) in [6, 6.07) is 3.48. The minimum atomic E-state index is -3.20. The smallest absolute Gasteiger partial charge is 0.254 e. The number of carbonyl (C=O) groups excluding carboxylic acids is 1. The lowest BCUT2D eigenvalue weighted by molar-refractivity contribution is 0.0680. The molecule has 1 saturated heterocycles. The lowest BCUT2D eigenvalue weighted by Crippen LogP contribution is -2.48. The molecule has 0 atom stereocenters. The summed E-state index contributed by atoms with van der Waals surface area (Å²) in [6.07, 6.45) is 4.21. The highest BCUT2D eigenvalue weighted by Gasteiger charge is 2.30. The predicted octanol–water partition coefficient (Wildman–Crippen LogP) is 1.03. The van der Waals surface area contributed by atoms with Crippen LogP contribution in [0.1, 0.15) is 30.1 Å². The molecular formula is C16H26N4O3S. The van der Waals surface area contributed by atoms with Crippen LogP contribution in [-0.4, -0.2) is 74.5 Å². The number of anilines is 1. The van der Waals surface area contributed by atoms with Gasteiger partial charge in [-0.15, -0.1) is 0 Å². The maximum atomic E-state index is 12.7. The molecular weight excluding hydrogens is 328 g/mol. The van der Waals surface area contributed by atoms with Crippen molar-refractivity contribution in [3.63, 3.8) is 0 Å². The minimum Gasteiger partial charge on any atom is -0.363 e. The average molecular weight is 354 g/mol. The fraction of sp³-hybridized carbons (Fsp3) is 0.625. The standard InChI is InChI=1S/C16H26N4O3S/c1-5-20(24(4,22)23)14-7-10-19(11-8-14)16(21)13-6-9-17-15(12-13)18(2)3/h6,9,12,14H,5,7-8,10-11H2,1-4H3. The summed E-state index contributed by atoms with van der Waals surface area (Å²) in [7, 11) is 0.560. The van der Waals surface area contributed by atoms with Gasteiger partial charge in [0.2, 0.25) is 10.0 Å². The second-order valence-corrected chi connectivity index (χ2v) is 8.22. The Kier molecular flexibility index (Phi) is 5.82. The monoisotopic (exact) mass is 354 g/mol.